The van der Waals surface area contributed by atoms with Gasteiger partial charge in [0.15, 0.2) is 5.82 Å². The maximum Gasteiger partial charge on any atom is 0.269 e. The lowest BCUT2D eigenvalue weighted by molar-refractivity contribution is 0.0996. The van der Waals surface area contributed by atoms with Crippen LogP contribution in [-0.4, -0.2) is 24.5 Å². The van der Waals surface area contributed by atoms with Crippen LogP contribution in [0.2, 0.25) is 5.02 Å². The molecule has 0 saturated heterocycles. The number of fused-ring (bicyclic) bond motifs is 3. The maximum absolute atomic E-state index is 12.9. The summed E-state index contributed by atoms with van der Waals surface area (Å²) in [5.74, 6) is 1.21. The molecule has 3 aromatic rings. The largest absolute Gasteiger partial charge is 0.493 e. The van der Waals surface area contributed by atoms with Crippen LogP contribution in [0.5, 0.6) is 5.75 Å². The van der Waals surface area contributed by atoms with E-state index in [0.717, 1.165) is 28.2 Å². The van der Waals surface area contributed by atoms with Crippen LogP contribution in [-0.2, 0) is 6.42 Å². The highest BCUT2D eigenvalue weighted by molar-refractivity contribution is 7.17. The summed E-state index contributed by atoms with van der Waals surface area (Å²) in [6.45, 7) is 0.607. The second kappa shape index (κ2) is 6.50. The molecular formula is C19H15ClN2O2S. The zero-order valence-electron chi connectivity index (χ0n) is 13.5. The summed E-state index contributed by atoms with van der Waals surface area (Å²) < 4.78 is 5.81. The first-order chi connectivity index (χ1) is 12.1. The van der Waals surface area contributed by atoms with Crippen LogP contribution in [0.3, 0.4) is 0 Å². The first-order valence-electron chi connectivity index (χ1n) is 7.88. The van der Waals surface area contributed by atoms with Crippen molar-refractivity contribution in [2.75, 3.05) is 18.6 Å². The molecule has 0 bridgehead atoms. The van der Waals surface area contributed by atoms with Crippen molar-refractivity contribution < 1.29 is 9.53 Å². The van der Waals surface area contributed by atoms with E-state index < -0.39 is 0 Å². The number of ether oxygens (including phenoxy) is 1. The second-order valence-corrected chi connectivity index (χ2v) is 7.19. The molecule has 4 rings (SSSR count). The van der Waals surface area contributed by atoms with Gasteiger partial charge in [0, 0.05) is 30.1 Å². The molecule has 1 amide bonds. The second-order valence-electron chi connectivity index (χ2n) is 5.73. The number of amides is 1. The fourth-order valence-electron chi connectivity index (χ4n) is 2.88. The van der Waals surface area contributed by atoms with E-state index in [-0.39, 0.29) is 5.91 Å². The summed E-state index contributed by atoms with van der Waals surface area (Å²) in [7, 11) is 1.69. The standard InChI is InChI=1S/C19H15ClN2O2S/c1-22(18-14(20)6-4-9-21-18)19(23)16-11-12-8-10-24-15-7-3-2-5-13(15)17(12)25-16/h2-7,9,11H,8,10H2,1H3. The van der Waals surface area contributed by atoms with Gasteiger partial charge in [-0.2, -0.15) is 0 Å². The van der Waals surface area contributed by atoms with Gasteiger partial charge in [-0.05, 0) is 35.9 Å². The Balaban J connectivity index is 1.73. The molecular weight excluding hydrogens is 356 g/mol. The Hall–Kier alpha value is -2.37. The van der Waals surface area contributed by atoms with Crippen LogP contribution >= 0.6 is 22.9 Å². The van der Waals surface area contributed by atoms with Crippen LogP contribution in [0.25, 0.3) is 10.4 Å². The fraction of sp³-hybridized carbons (Fsp3) is 0.158. The van der Waals surface area contributed by atoms with Gasteiger partial charge in [-0.3, -0.25) is 9.69 Å². The minimum absolute atomic E-state index is 0.114. The summed E-state index contributed by atoms with van der Waals surface area (Å²) >= 11 is 7.66. The van der Waals surface area contributed by atoms with Crippen molar-refractivity contribution in [3.8, 4) is 16.2 Å². The molecule has 1 aromatic carbocycles. The van der Waals surface area contributed by atoms with Crippen LogP contribution < -0.4 is 9.64 Å². The van der Waals surface area contributed by atoms with Gasteiger partial charge < -0.3 is 4.74 Å². The van der Waals surface area contributed by atoms with Crippen molar-refractivity contribution in [3.63, 3.8) is 0 Å². The van der Waals surface area contributed by atoms with Gasteiger partial charge in [-0.25, -0.2) is 4.98 Å². The molecule has 0 unspecified atom stereocenters. The Bertz CT molecular complexity index is 954. The minimum Gasteiger partial charge on any atom is -0.493 e. The van der Waals surface area contributed by atoms with Gasteiger partial charge in [-0.15, -0.1) is 11.3 Å². The lowest BCUT2D eigenvalue weighted by atomic mass is 10.1. The SMILES string of the molecule is CN(C(=O)c1cc2c(s1)-c1ccccc1OCC2)c1ncccc1Cl. The van der Waals surface area contributed by atoms with Crippen molar-refractivity contribution in [1.29, 1.82) is 0 Å². The van der Waals surface area contributed by atoms with Crippen LogP contribution in [0.4, 0.5) is 5.82 Å². The van der Waals surface area contributed by atoms with Gasteiger partial charge >= 0.3 is 0 Å². The summed E-state index contributed by atoms with van der Waals surface area (Å²) in [6.07, 6.45) is 2.41. The molecule has 6 heteroatoms. The van der Waals surface area contributed by atoms with Crippen molar-refractivity contribution >= 4 is 34.7 Å². The highest BCUT2D eigenvalue weighted by Crippen LogP contribution is 2.41. The van der Waals surface area contributed by atoms with E-state index in [1.165, 1.54) is 16.2 Å². The molecule has 1 aliphatic rings. The van der Waals surface area contributed by atoms with E-state index in [1.807, 2.05) is 30.3 Å². The number of halogens is 1. The molecule has 0 saturated carbocycles. The van der Waals surface area contributed by atoms with Crippen molar-refractivity contribution in [2.24, 2.45) is 0 Å². The Morgan fingerprint density at radius 3 is 2.96 bits per heavy atom. The number of hydrogen-bond donors (Lipinski definition) is 0. The topological polar surface area (TPSA) is 42.4 Å². The van der Waals surface area contributed by atoms with E-state index >= 15 is 0 Å². The number of benzene rings is 1. The number of thiophene rings is 1. The van der Waals surface area contributed by atoms with Gasteiger partial charge in [0.2, 0.25) is 0 Å². The molecule has 0 aliphatic carbocycles. The molecule has 0 fully saturated rings. The average molecular weight is 371 g/mol. The predicted molar refractivity (Wildman–Crippen MR) is 101 cm³/mol. The molecule has 0 radical (unpaired) electrons. The Morgan fingerprint density at radius 1 is 1.28 bits per heavy atom. The molecule has 4 nitrogen and oxygen atoms in total. The predicted octanol–water partition coefficient (Wildman–Crippen LogP) is 4.68. The van der Waals surface area contributed by atoms with E-state index in [1.54, 1.807) is 25.4 Å². The fourth-order valence-corrected chi connectivity index (χ4v) is 4.35. The third kappa shape index (κ3) is 2.90. The lowest BCUT2D eigenvalue weighted by Crippen LogP contribution is -2.26. The molecule has 3 heterocycles. The lowest BCUT2D eigenvalue weighted by Gasteiger charge is -2.16. The van der Waals surface area contributed by atoms with Crippen LogP contribution in [0, 0.1) is 0 Å². The number of aromatic nitrogens is 1. The van der Waals surface area contributed by atoms with Crippen molar-refractivity contribution in [3.05, 3.63) is 64.1 Å². The quantitative estimate of drug-likeness (QED) is 0.658. The van der Waals surface area contributed by atoms with E-state index in [2.05, 4.69) is 4.98 Å². The first-order valence-corrected chi connectivity index (χ1v) is 9.08. The zero-order chi connectivity index (χ0) is 17.4. The highest BCUT2D eigenvalue weighted by Gasteiger charge is 2.24. The number of carbonyl (C=O) groups is 1. The van der Waals surface area contributed by atoms with E-state index in [9.17, 15) is 4.79 Å². The average Bonchev–Trinajstić information content (AvgIpc) is 2.98. The number of hydrogen-bond acceptors (Lipinski definition) is 4. The van der Waals surface area contributed by atoms with Gasteiger partial charge in [0.1, 0.15) is 5.75 Å². The molecule has 1 aliphatic heterocycles. The van der Waals surface area contributed by atoms with Gasteiger partial charge in [-0.1, -0.05) is 23.7 Å². The minimum atomic E-state index is -0.114. The molecule has 0 N–H and O–H groups in total. The monoisotopic (exact) mass is 370 g/mol. The number of pyridine rings is 1. The number of rotatable bonds is 2. The van der Waals surface area contributed by atoms with Crippen LogP contribution in [0.15, 0.2) is 48.7 Å². The molecule has 126 valence electrons. The number of anilines is 1. The third-order valence-corrected chi connectivity index (χ3v) is 5.64. The summed E-state index contributed by atoms with van der Waals surface area (Å²) in [5.41, 5.74) is 2.18. The molecule has 0 atom stereocenters. The van der Waals surface area contributed by atoms with E-state index in [0.29, 0.717) is 22.3 Å². The van der Waals surface area contributed by atoms with E-state index in [4.69, 9.17) is 16.3 Å². The Kier molecular flexibility index (Phi) is 4.19. The molecule has 0 spiro atoms. The van der Waals surface area contributed by atoms with Crippen molar-refractivity contribution in [2.45, 2.75) is 6.42 Å². The summed E-state index contributed by atoms with van der Waals surface area (Å²) in [6, 6.07) is 13.4. The third-order valence-electron chi connectivity index (χ3n) is 4.14. The van der Waals surface area contributed by atoms with Crippen molar-refractivity contribution in [1.82, 2.24) is 4.98 Å². The smallest absolute Gasteiger partial charge is 0.269 e. The first kappa shape index (κ1) is 16.1. The maximum atomic E-state index is 12.9. The molecule has 25 heavy (non-hydrogen) atoms. The Labute approximate surface area is 154 Å². The highest BCUT2D eigenvalue weighted by atomic mass is 35.5. The van der Waals surface area contributed by atoms with Gasteiger partial charge in [0.05, 0.1) is 16.5 Å². The Morgan fingerprint density at radius 2 is 2.12 bits per heavy atom. The summed E-state index contributed by atoms with van der Waals surface area (Å²) in [4.78, 5) is 20.4. The number of para-hydroxylation sites is 1. The number of carbonyl (C=O) groups excluding carboxylic acids is 1. The molecule has 2 aromatic heterocycles. The van der Waals surface area contributed by atoms with Gasteiger partial charge in [0.25, 0.3) is 5.91 Å². The zero-order valence-corrected chi connectivity index (χ0v) is 15.1. The summed E-state index contributed by atoms with van der Waals surface area (Å²) in [5, 5.41) is 0.454. The number of nitrogens with zero attached hydrogens (tertiary/aromatic N) is 2. The normalized spacial score (nSPS) is 12.6. The van der Waals surface area contributed by atoms with Crippen LogP contribution in [0.1, 0.15) is 15.2 Å².